The highest BCUT2D eigenvalue weighted by atomic mass is 16.3. The number of nitrogens with one attached hydrogen (secondary N) is 2. The number of rotatable bonds is 5. The molecule has 3 aromatic rings. The number of aryl methyl sites for hydroxylation is 2. The van der Waals surface area contributed by atoms with Crippen molar-refractivity contribution < 1.29 is 14.0 Å². The molecule has 0 bridgehead atoms. The Bertz CT molecular complexity index is 893. The average molecular weight is 348 g/mol. The second-order valence-corrected chi connectivity index (χ2v) is 6.06. The Morgan fingerprint density at radius 2 is 1.46 bits per heavy atom. The summed E-state index contributed by atoms with van der Waals surface area (Å²) in [4.78, 5) is 24.6. The molecule has 0 atom stereocenters. The molecular weight excluding hydrogens is 328 g/mol. The molecule has 0 saturated heterocycles. The minimum absolute atomic E-state index is 0.204. The van der Waals surface area contributed by atoms with Gasteiger partial charge < -0.3 is 15.1 Å². The van der Waals surface area contributed by atoms with Crippen LogP contribution in [0.25, 0.3) is 0 Å². The van der Waals surface area contributed by atoms with Crippen LogP contribution in [-0.2, 0) is 6.54 Å². The molecule has 5 nitrogen and oxygen atoms in total. The van der Waals surface area contributed by atoms with Crippen molar-refractivity contribution in [2.45, 2.75) is 20.4 Å². The van der Waals surface area contributed by atoms with E-state index in [2.05, 4.69) is 10.6 Å². The van der Waals surface area contributed by atoms with Crippen molar-refractivity contribution in [3.63, 3.8) is 0 Å². The topological polar surface area (TPSA) is 71.3 Å². The number of furan rings is 1. The third kappa shape index (κ3) is 4.00. The van der Waals surface area contributed by atoms with Gasteiger partial charge in [0, 0.05) is 16.8 Å². The van der Waals surface area contributed by atoms with Crippen LogP contribution in [-0.4, -0.2) is 11.8 Å². The molecule has 2 N–H and O–H groups in total. The summed E-state index contributed by atoms with van der Waals surface area (Å²) in [5.41, 5.74) is 3.81. The molecule has 132 valence electrons. The summed E-state index contributed by atoms with van der Waals surface area (Å²) in [7, 11) is 0. The maximum absolute atomic E-state index is 12.5. The number of para-hydroxylation sites is 1. The number of hydrogen-bond donors (Lipinski definition) is 2. The second kappa shape index (κ2) is 7.70. The first-order valence-corrected chi connectivity index (χ1v) is 8.33. The Balaban J connectivity index is 1.65. The molecule has 2 amide bonds. The van der Waals surface area contributed by atoms with E-state index in [4.69, 9.17) is 4.42 Å². The zero-order valence-corrected chi connectivity index (χ0v) is 14.7. The van der Waals surface area contributed by atoms with E-state index < -0.39 is 0 Å². The van der Waals surface area contributed by atoms with E-state index in [0.29, 0.717) is 23.4 Å². The predicted molar refractivity (Wildman–Crippen MR) is 100 cm³/mol. The molecule has 0 fully saturated rings. The summed E-state index contributed by atoms with van der Waals surface area (Å²) in [6.07, 6.45) is 1.56. The SMILES string of the molecule is Cc1cccc(C)c1NC(=O)c1ccc(C(=O)NCc2ccco2)cc1. The van der Waals surface area contributed by atoms with Crippen molar-refractivity contribution in [2.75, 3.05) is 5.32 Å². The van der Waals surface area contributed by atoms with Gasteiger partial charge in [0.25, 0.3) is 11.8 Å². The predicted octanol–water partition coefficient (Wildman–Crippen LogP) is 4.08. The lowest BCUT2D eigenvalue weighted by Crippen LogP contribution is -2.22. The summed E-state index contributed by atoms with van der Waals surface area (Å²) >= 11 is 0. The first-order valence-electron chi connectivity index (χ1n) is 8.33. The van der Waals surface area contributed by atoms with Crippen molar-refractivity contribution in [1.82, 2.24) is 5.32 Å². The van der Waals surface area contributed by atoms with E-state index in [1.165, 1.54) is 0 Å². The molecule has 0 spiro atoms. The van der Waals surface area contributed by atoms with Crippen LogP contribution in [0.15, 0.2) is 65.3 Å². The highest BCUT2D eigenvalue weighted by Gasteiger charge is 2.11. The quantitative estimate of drug-likeness (QED) is 0.730. The minimum Gasteiger partial charge on any atom is -0.467 e. The summed E-state index contributed by atoms with van der Waals surface area (Å²) < 4.78 is 5.18. The lowest BCUT2D eigenvalue weighted by molar-refractivity contribution is 0.0946. The van der Waals surface area contributed by atoms with Crippen LogP contribution in [0.4, 0.5) is 5.69 Å². The molecule has 3 rings (SSSR count). The molecule has 1 aromatic heterocycles. The molecular formula is C21H20N2O3. The van der Waals surface area contributed by atoms with Gasteiger partial charge in [0.1, 0.15) is 5.76 Å². The van der Waals surface area contributed by atoms with E-state index >= 15 is 0 Å². The fourth-order valence-electron chi connectivity index (χ4n) is 2.65. The maximum atomic E-state index is 12.5. The number of anilines is 1. The minimum atomic E-state index is -0.219. The van der Waals surface area contributed by atoms with Crippen LogP contribution in [0.3, 0.4) is 0 Å². The first kappa shape index (κ1) is 17.5. The number of benzene rings is 2. The molecule has 0 radical (unpaired) electrons. The lowest BCUT2D eigenvalue weighted by Gasteiger charge is -2.11. The summed E-state index contributed by atoms with van der Waals surface area (Å²) in [5, 5.41) is 5.71. The third-order valence-electron chi connectivity index (χ3n) is 4.13. The Kier molecular flexibility index (Phi) is 5.17. The highest BCUT2D eigenvalue weighted by molar-refractivity contribution is 6.05. The van der Waals surface area contributed by atoms with E-state index in [0.717, 1.165) is 16.8 Å². The Hall–Kier alpha value is -3.34. The number of hydrogen-bond acceptors (Lipinski definition) is 3. The van der Waals surface area contributed by atoms with E-state index in [1.807, 2.05) is 32.0 Å². The molecule has 0 aliphatic rings. The van der Waals surface area contributed by atoms with E-state index in [1.54, 1.807) is 42.7 Å². The van der Waals surface area contributed by atoms with Crippen molar-refractivity contribution in [1.29, 1.82) is 0 Å². The zero-order valence-electron chi connectivity index (χ0n) is 14.7. The molecule has 26 heavy (non-hydrogen) atoms. The van der Waals surface area contributed by atoms with Gasteiger partial charge in [0.15, 0.2) is 0 Å². The normalized spacial score (nSPS) is 10.4. The lowest BCUT2D eigenvalue weighted by atomic mass is 10.1. The van der Waals surface area contributed by atoms with Gasteiger partial charge in [-0.3, -0.25) is 9.59 Å². The Morgan fingerprint density at radius 3 is 2.04 bits per heavy atom. The third-order valence-corrected chi connectivity index (χ3v) is 4.13. The zero-order chi connectivity index (χ0) is 18.5. The van der Waals surface area contributed by atoms with Gasteiger partial charge in [-0.1, -0.05) is 18.2 Å². The summed E-state index contributed by atoms with van der Waals surface area (Å²) in [6.45, 7) is 4.23. The number of carbonyl (C=O) groups is 2. The van der Waals surface area contributed by atoms with Gasteiger partial charge in [-0.25, -0.2) is 0 Å². The van der Waals surface area contributed by atoms with E-state index in [-0.39, 0.29) is 11.8 Å². The van der Waals surface area contributed by atoms with Crippen LogP contribution in [0.5, 0.6) is 0 Å². The highest BCUT2D eigenvalue weighted by Crippen LogP contribution is 2.20. The van der Waals surface area contributed by atoms with Crippen molar-refractivity contribution in [3.05, 3.63) is 88.9 Å². The fourth-order valence-corrected chi connectivity index (χ4v) is 2.65. The summed E-state index contributed by atoms with van der Waals surface area (Å²) in [5.74, 6) is 0.260. The Labute approximate surface area is 152 Å². The maximum Gasteiger partial charge on any atom is 0.255 e. The molecule has 2 aromatic carbocycles. The molecule has 5 heteroatoms. The first-order chi connectivity index (χ1) is 12.5. The van der Waals surface area contributed by atoms with Gasteiger partial charge in [0.05, 0.1) is 12.8 Å². The van der Waals surface area contributed by atoms with Gasteiger partial charge in [-0.15, -0.1) is 0 Å². The van der Waals surface area contributed by atoms with Gasteiger partial charge in [-0.05, 0) is 61.4 Å². The van der Waals surface area contributed by atoms with Crippen LogP contribution in [0.2, 0.25) is 0 Å². The summed E-state index contributed by atoms with van der Waals surface area (Å²) in [6, 6.07) is 16.0. The van der Waals surface area contributed by atoms with Crippen LogP contribution in [0, 0.1) is 13.8 Å². The Morgan fingerprint density at radius 1 is 0.846 bits per heavy atom. The number of carbonyl (C=O) groups excluding carboxylic acids is 2. The van der Waals surface area contributed by atoms with Crippen LogP contribution >= 0.6 is 0 Å². The monoisotopic (exact) mass is 348 g/mol. The van der Waals surface area contributed by atoms with Crippen molar-refractivity contribution >= 4 is 17.5 Å². The molecule has 0 saturated carbocycles. The largest absolute Gasteiger partial charge is 0.467 e. The van der Waals surface area contributed by atoms with Gasteiger partial charge in [0.2, 0.25) is 0 Å². The van der Waals surface area contributed by atoms with Crippen LogP contribution < -0.4 is 10.6 Å². The average Bonchev–Trinajstić information content (AvgIpc) is 3.16. The van der Waals surface area contributed by atoms with E-state index in [9.17, 15) is 9.59 Å². The van der Waals surface area contributed by atoms with Gasteiger partial charge in [-0.2, -0.15) is 0 Å². The standard InChI is InChI=1S/C21H20N2O3/c1-14-5-3-6-15(2)19(14)23-21(25)17-10-8-16(9-11-17)20(24)22-13-18-7-4-12-26-18/h3-12H,13H2,1-2H3,(H,22,24)(H,23,25). The van der Waals surface area contributed by atoms with Gasteiger partial charge >= 0.3 is 0 Å². The van der Waals surface area contributed by atoms with Crippen molar-refractivity contribution in [3.8, 4) is 0 Å². The van der Waals surface area contributed by atoms with Crippen molar-refractivity contribution in [2.24, 2.45) is 0 Å². The molecule has 1 heterocycles. The molecule has 0 aliphatic heterocycles. The second-order valence-electron chi connectivity index (χ2n) is 6.06. The fraction of sp³-hybridized carbons (Fsp3) is 0.143. The smallest absolute Gasteiger partial charge is 0.255 e. The van der Waals surface area contributed by atoms with Crippen LogP contribution in [0.1, 0.15) is 37.6 Å². The number of amides is 2. The molecule has 0 unspecified atom stereocenters. The molecule has 0 aliphatic carbocycles.